The minimum absolute atomic E-state index is 0.0315. The van der Waals surface area contributed by atoms with Crippen LogP contribution in [0.4, 0.5) is 0 Å². The highest BCUT2D eigenvalue weighted by atomic mass is 16.5. The van der Waals surface area contributed by atoms with Crippen LogP contribution in [0.3, 0.4) is 0 Å². The molecule has 6 heteroatoms. The highest BCUT2D eigenvalue weighted by molar-refractivity contribution is 5.78. The van der Waals surface area contributed by atoms with Gasteiger partial charge in [-0.3, -0.25) is 9.69 Å². The van der Waals surface area contributed by atoms with Crippen molar-refractivity contribution in [1.82, 2.24) is 10.2 Å². The second-order valence-electron chi connectivity index (χ2n) is 7.00. The molecule has 1 fully saturated rings. The van der Waals surface area contributed by atoms with Crippen LogP contribution in [0.5, 0.6) is 0 Å². The Kier molecular flexibility index (Phi) is 6.06. The van der Waals surface area contributed by atoms with E-state index in [2.05, 4.69) is 17.4 Å². The smallest absolute Gasteiger partial charge is 0.234 e. The summed E-state index contributed by atoms with van der Waals surface area (Å²) in [6.07, 6.45) is 2.11. The van der Waals surface area contributed by atoms with Gasteiger partial charge < -0.3 is 19.9 Å². The zero-order chi connectivity index (χ0) is 17.8. The van der Waals surface area contributed by atoms with Crippen molar-refractivity contribution in [2.45, 2.75) is 43.6 Å². The molecule has 25 heavy (non-hydrogen) atoms. The molecule has 0 radical (unpaired) electrons. The Morgan fingerprint density at radius 1 is 1.40 bits per heavy atom. The maximum Gasteiger partial charge on any atom is 0.234 e. The van der Waals surface area contributed by atoms with Crippen molar-refractivity contribution < 1.29 is 19.4 Å². The molecule has 3 rings (SSSR count). The molecule has 1 aromatic rings. The Labute approximate surface area is 149 Å². The molecule has 1 heterocycles. The normalized spacial score (nSPS) is 29.3. The largest absolute Gasteiger partial charge is 0.389 e. The lowest BCUT2D eigenvalue weighted by molar-refractivity contribution is -0.145. The van der Waals surface area contributed by atoms with Gasteiger partial charge >= 0.3 is 0 Å². The van der Waals surface area contributed by atoms with Gasteiger partial charge in [-0.05, 0) is 37.4 Å². The molecule has 2 N–H and O–H groups in total. The fraction of sp³-hybridized carbons (Fsp3) is 0.632. The average Bonchev–Trinajstić information content (AvgIpc) is 2.62. The molecule has 2 aliphatic rings. The van der Waals surface area contributed by atoms with Gasteiger partial charge in [-0.2, -0.15) is 0 Å². The molecule has 0 saturated carbocycles. The van der Waals surface area contributed by atoms with Crippen LogP contribution < -0.4 is 5.32 Å². The van der Waals surface area contributed by atoms with Gasteiger partial charge in [0.15, 0.2) is 0 Å². The SMILES string of the molecule is CO[C@@H]1COC[C@@H](N(C)CC(=O)N[C@H]2CCCc3ccccc32)[C@@H]1O. The molecule has 1 saturated heterocycles. The first-order valence-electron chi connectivity index (χ1n) is 8.96. The molecule has 1 aliphatic carbocycles. The van der Waals surface area contributed by atoms with Gasteiger partial charge in [-0.25, -0.2) is 0 Å². The number of nitrogens with one attached hydrogen (secondary N) is 1. The maximum atomic E-state index is 12.5. The first-order chi connectivity index (χ1) is 12.1. The van der Waals surface area contributed by atoms with Crippen LogP contribution in [0.1, 0.15) is 30.0 Å². The third-order valence-corrected chi connectivity index (χ3v) is 5.31. The number of fused-ring (bicyclic) bond motifs is 1. The number of likely N-dealkylation sites (N-methyl/N-ethyl adjacent to an activating group) is 1. The third-order valence-electron chi connectivity index (χ3n) is 5.31. The Balaban J connectivity index is 1.58. The number of aliphatic hydroxyl groups is 1. The van der Waals surface area contributed by atoms with Gasteiger partial charge in [0.2, 0.25) is 5.91 Å². The van der Waals surface area contributed by atoms with Gasteiger partial charge in [0.1, 0.15) is 12.2 Å². The highest BCUT2D eigenvalue weighted by Gasteiger charge is 2.36. The minimum Gasteiger partial charge on any atom is -0.389 e. The highest BCUT2D eigenvalue weighted by Crippen LogP contribution is 2.29. The number of carbonyl (C=O) groups is 1. The minimum atomic E-state index is -0.660. The number of amides is 1. The van der Waals surface area contributed by atoms with E-state index in [9.17, 15) is 9.90 Å². The summed E-state index contributed by atoms with van der Waals surface area (Å²) in [5.74, 6) is -0.0315. The molecule has 1 aromatic carbocycles. The van der Waals surface area contributed by atoms with Gasteiger partial charge in [0.25, 0.3) is 0 Å². The number of aliphatic hydroxyl groups excluding tert-OH is 1. The van der Waals surface area contributed by atoms with E-state index in [-0.39, 0.29) is 30.6 Å². The average molecular weight is 348 g/mol. The quantitative estimate of drug-likeness (QED) is 0.827. The van der Waals surface area contributed by atoms with E-state index in [1.54, 1.807) is 7.11 Å². The summed E-state index contributed by atoms with van der Waals surface area (Å²) in [6, 6.07) is 8.14. The topological polar surface area (TPSA) is 71.0 Å². The molecule has 0 spiro atoms. The predicted molar refractivity (Wildman–Crippen MR) is 94.3 cm³/mol. The maximum absolute atomic E-state index is 12.5. The zero-order valence-corrected chi connectivity index (χ0v) is 15.0. The van der Waals surface area contributed by atoms with E-state index < -0.39 is 6.10 Å². The summed E-state index contributed by atoms with van der Waals surface area (Å²) < 4.78 is 10.7. The van der Waals surface area contributed by atoms with Crippen LogP contribution in [0, 0.1) is 0 Å². The van der Waals surface area contributed by atoms with Crippen molar-refractivity contribution >= 4 is 5.91 Å². The Hall–Kier alpha value is -1.47. The number of nitrogens with zero attached hydrogens (tertiary/aromatic N) is 1. The van der Waals surface area contributed by atoms with Crippen molar-refractivity contribution in [3.05, 3.63) is 35.4 Å². The fourth-order valence-corrected chi connectivity index (χ4v) is 3.83. The first kappa shape index (κ1) is 18.3. The first-order valence-corrected chi connectivity index (χ1v) is 8.96. The van der Waals surface area contributed by atoms with E-state index >= 15 is 0 Å². The lowest BCUT2D eigenvalue weighted by Gasteiger charge is -2.38. The summed E-state index contributed by atoms with van der Waals surface area (Å²) in [5.41, 5.74) is 2.55. The molecule has 0 unspecified atom stereocenters. The van der Waals surface area contributed by atoms with Crippen molar-refractivity contribution in [2.24, 2.45) is 0 Å². The van der Waals surface area contributed by atoms with Gasteiger partial charge in [0, 0.05) is 7.11 Å². The van der Waals surface area contributed by atoms with E-state index in [0.29, 0.717) is 13.2 Å². The van der Waals surface area contributed by atoms with E-state index in [0.717, 1.165) is 19.3 Å². The van der Waals surface area contributed by atoms with Crippen molar-refractivity contribution in [3.8, 4) is 0 Å². The molecule has 0 bridgehead atoms. The second-order valence-corrected chi connectivity index (χ2v) is 7.00. The number of hydrogen-bond acceptors (Lipinski definition) is 5. The van der Waals surface area contributed by atoms with Gasteiger partial charge in [0.05, 0.1) is 31.8 Å². The van der Waals surface area contributed by atoms with Crippen molar-refractivity contribution in [2.75, 3.05) is 33.9 Å². The molecule has 4 atom stereocenters. The number of methoxy groups -OCH3 is 1. The molecular formula is C19H28N2O4. The monoisotopic (exact) mass is 348 g/mol. The fourth-order valence-electron chi connectivity index (χ4n) is 3.83. The summed E-state index contributed by atoms with van der Waals surface area (Å²) in [5, 5.41) is 13.5. The van der Waals surface area contributed by atoms with Crippen molar-refractivity contribution in [3.63, 3.8) is 0 Å². The van der Waals surface area contributed by atoms with E-state index in [1.165, 1.54) is 11.1 Å². The number of hydrogen-bond donors (Lipinski definition) is 2. The molecule has 1 amide bonds. The summed E-state index contributed by atoms with van der Waals surface area (Å²) in [7, 11) is 3.40. The molecule has 138 valence electrons. The third kappa shape index (κ3) is 4.20. The molecular weight excluding hydrogens is 320 g/mol. The number of ether oxygens (including phenoxy) is 2. The summed E-state index contributed by atoms with van der Waals surface area (Å²) >= 11 is 0. The molecule has 1 aliphatic heterocycles. The summed E-state index contributed by atoms with van der Waals surface area (Å²) in [6.45, 7) is 1.00. The Morgan fingerprint density at radius 2 is 2.20 bits per heavy atom. The van der Waals surface area contributed by atoms with E-state index in [4.69, 9.17) is 9.47 Å². The lowest BCUT2D eigenvalue weighted by atomic mass is 9.88. The number of rotatable bonds is 5. The van der Waals surface area contributed by atoms with E-state index in [1.807, 2.05) is 24.1 Å². The lowest BCUT2D eigenvalue weighted by Crippen LogP contribution is -2.57. The van der Waals surface area contributed by atoms with Crippen LogP contribution in [0.25, 0.3) is 0 Å². The predicted octanol–water partition coefficient (Wildman–Crippen LogP) is 0.887. The van der Waals surface area contributed by atoms with Crippen molar-refractivity contribution in [1.29, 1.82) is 0 Å². The number of benzene rings is 1. The zero-order valence-electron chi connectivity index (χ0n) is 15.0. The number of aryl methyl sites for hydroxylation is 1. The molecule has 6 nitrogen and oxygen atoms in total. The van der Waals surface area contributed by atoms with Gasteiger partial charge in [-0.1, -0.05) is 24.3 Å². The van der Waals surface area contributed by atoms with Crippen LogP contribution in [0.2, 0.25) is 0 Å². The second kappa shape index (κ2) is 8.27. The van der Waals surface area contributed by atoms with Crippen LogP contribution in [-0.4, -0.2) is 68.1 Å². The van der Waals surface area contributed by atoms with Gasteiger partial charge in [-0.15, -0.1) is 0 Å². The Morgan fingerprint density at radius 3 is 3.00 bits per heavy atom. The van der Waals surface area contributed by atoms with Crippen LogP contribution in [0.15, 0.2) is 24.3 Å². The Bertz CT molecular complexity index is 595. The summed E-state index contributed by atoms with van der Waals surface area (Å²) in [4.78, 5) is 14.4. The van der Waals surface area contributed by atoms with Crippen LogP contribution >= 0.6 is 0 Å². The van der Waals surface area contributed by atoms with Crippen LogP contribution in [-0.2, 0) is 20.7 Å². The molecule has 0 aromatic heterocycles. The standard InChI is InChI=1S/C19H28N2O4/c1-21(16-11-25-12-17(24-2)19(16)23)10-18(22)20-15-9-5-7-13-6-3-4-8-14(13)15/h3-4,6,8,15-17,19,23H,5,7,9-12H2,1-2H3,(H,20,22)/t15-,16+,17+,19-/m0/s1. The number of carbonyl (C=O) groups excluding carboxylic acids is 1.